The number of alkyl halides is 1. The molecule has 0 amide bonds. The zero-order valence-corrected chi connectivity index (χ0v) is 7.09. The highest BCUT2D eigenvalue weighted by molar-refractivity contribution is 4.87. The summed E-state index contributed by atoms with van der Waals surface area (Å²) in [6.45, 7) is 3.81. The van der Waals surface area contributed by atoms with E-state index in [9.17, 15) is 4.39 Å². The molecule has 1 fully saturated rings. The molecule has 64 valence electrons. The van der Waals surface area contributed by atoms with Crippen molar-refractivity contribution in [1.29, 1.82) is 0 Å². The molecule has 1 unspecified atom stereocenters. The number of hydrogen-bond acceptors (Lipinski definition) is 1. The normalized spacial score (nSPS) is 26.9. The lowest BCUT2D eigenvalue weighted by molar-refractivity contribution is 0.234. The maximum atomic E-state index is 12.3. The second-order valence-electron chi connectivity index (χ2n) is 3.01. The van der Waals surface area contributed by atoms with Crippen molar-refractivity contribution in [3.8, 4) is 0 Å². The highest BCUT2D eigenvalue weighted by atomic mass is 19.1. The van der Waals surface area contributed by atoms with Crippen LogP contribution in [0.5, 0.6) is 0 Å². The number of allylic oxidation sites excluding steroid dienone is 1. The average Bonchev–Trinajstić information content (AvgIpc) is 2.47. The van der Waals surface area contributed by atoms with Crippen molar-refractivity contribution < 1.29 is 4.39 Å². The van der Waals surface area contributed by atoms with Gasteiger partial charge >= 0.3 is 0 Å². The third-order valence-electron chi connectivity index (χ3n) is 2.25. The minimum Gasteiger partial charge on any atom is -0.294 e. The van der Waals surface area contributed by atoms with Crippen LogP contribution >= 0.6 is 0 Å². The smallest absolute Gasteiger partial charge is 0.105 e. The van der Waals surface area contributed by atoms with Gasteiger partial charge in [0.1, 0.15) is 6.67 Å². The minimum atomic E-state index is -0.183. The SMILES string of the molecule is C/C=C/CN1CCCC1CF. The van der Waals surface area contributed by atoms with E-state index in [1.54, 1.807) is 0 Å². The van der Waals surface area contributed by atoms with Crippen molar-refractivity contribution in [3.05, 3.63) is 12.2 Å². The van der Waals surface area contributed by atoms with E-state index in [1.807, 2.05) is 13.0 Å². The number of rotatable bonds is 3. The van der Waals surface area contributed by atoms with Gasteiger partial charge in [-0.25, -0.2) is 4.39 Å². The molecule has 1 aliphatic heterocycles. The maximum absolute atomic E-state index is 12.3. The molecule has 0 aromatic rings. The Morgan fingerprint density at radius 2 is 2.45 bits per heavy atom. The van der Waals surface area contributed by atoms with Gasteiger partial charge in [0.05, 0.1) is 0 Å². The Morgan fingerprint density at radius 3 is 3.09 bits per heavy atom. The predicted molar refractivity (Wildman–Crippen MR) is 45.4 cm³/mol. The van der Waals surface area contributed by atoms with Crippen LogP contribution in [0.25, 0.3) is 0 Å². The molecule has 1 saturated heterocycles. The Bertz CT molecular complexity index is 134. The second-order valence-corrected chi connectivity index (χ2v) is 3.01. The van der Waals surface area contributed by atoms with E-state index in [0.29, 0.717) is 0 Å². The zero-order valence-electron chi connectivity index (χ0n) is 7.09. The van der Waals surface area contributed by atoms with Gasteiger partial charge in [-0.15, -0.1) is 0 Å². The monoisotopic (exact) mass is 157 g/mol. The molecule has 11 heavy (non-hydrogen) atoms. The van der Waals surface area contributed by atoms with Crippen LogP contribution in [0.3, 0.4) is 0 Å². The molecular formula is C9H16FN. The summed E-state index contributed by atoms with van der Waals surface area (Å²) in [6, 6.07) is 0.200. The lowest BCUT2D eigenvalue weighted by atomic mass is 10.2. The van der Waals surface area contributed by atoms with Gasteiger partial charge in [0.15, 0.2) is 0 Å². The minimum absolute atomic E-state index is 0.183. The molecule has 0 bridgehead atoms. The molecule has 0 aliphatic carbocycles. The summed E-state index contributed by atoms with van der Waals surface area (Å²) in [6.07, 6.45) is 6.31. The first-order valence-corrected chi connectivity index (χ1v) is 4.29. The fourth-order valence-electron chi connectivity index (χ4n) is 1.55. The Kier molecular flexibility index (Phi) is 3.57. The van der Waals surface area contributed by atoms with Crippen molar-refractivity contribution in [2.75, 3.05) is 19.8 Å². The molecule has 1 atom stereocenters. The summed E-state index contributed by atoms with van der Waals surface area (Å²) in [4.78, 5) is 2.21. The second kappa shape index (κ2) is 4.50. The molecule has 0 radical (unpaired) electrons. The fraction of sp³-hybridized carbons (Fsp3) is 0.778. The number of nitrogens with zero attached hydrogens (tertiary/aromatic N) is 1. The van der Waals surface area contributed by atoms with Crippen LogP contribution in [0.2, 0.25) is 0 Å². The van der Waals surface area contributed by atoms with Crippen molar-refractivity contribution in [2.24, 2.45) is 0 Å². The molecule has 0 spiro atoms. The molecule has 1 rings (SSSR count). The molecule has 0 saturated carbocycles. The van der Waals surface area contributed by atoms with Crippen molar-refractivity contribution in [1.82, 2.24) is 4.90 Å². The Balaban J connectivity index is 2.31. The summed E-state index contributed by atoms with van der Waals surface area (Å²) in [5.74, 6) is 0. The van der Waals surface area contributed by atoms with E-state index in [4.69, 9.17) is 0 Å². The lowest BCUT2D eigenvalue weighted by Crippen LogP contribution is -2.30. The summed E-state index contributed by atoms with van der Waals surface area (Å²) in [5.41, 5.74) is 0. The van der Waals surface area contributed by atoms with Crippen LogP contribution in [0, 0.1) is 0 Å². The quantitative estimate of drug-likeness (QED) is 0.566. The molecule has 0 aromatic heterocycles. The van der Waals surface area contributed by atoms with Crippen LogP contribution in [0.15, 0.2) is 12.2 Å². The first kappa shape index (κ1) is 8.72. The third kappa shape index (κ3) is 2.29. The molecular weight excluding hydrogens is 141 g/mol. The van der Waals surface area contributed by atoms with Gasteiger partial charge in [0.2, 0.25) is 0 Å². The van der Waals surface area contributed by atoms with Gasteiger partial charge in [-0.05, 0) is 26.3 Å². The molecule has 2 heteroatoms. The van der Waals surface area contributed by atoms with E-state index in [2.05, 4.69) is 11.0 Å². The summed E-state index contributed by atoms with van der Waals surface area (Å²) >= 11 is 0. The highest BCUT2D eigenvalue weighted by Gasteiger charge is 2.22. The van der Waals surface area contributed by atoms with E-state index >= 15 is 0 Å². The number of hydrogen-bond donors (Lipinski definition) is 0. The third-order valence-corrected chi connectivity index (χ3v) is 2.25. The van der Waals surface area contributed by atoms with E-state index in [1.165, 1.54) is 0 Å². The number of likely N-dealkylation sites (tertiary alicyclic amines) is 1. The summed E-state index contributed by atoms with van der Waals surface area (Å²) < 4.78 is 12.3. The highest BCUT2D eigenvalue weighted by Crippen LogP contribution is 2.16. The lowest BCUT2D eigenvalue weighted by Gasteiger charge is -2.19. The van der Waals surface area contributed by atoms with Crippen LogP contribution in [0.4, 0.5) is 4.39 Å². The van der Waals surface area contributed by atoms with Crippen LogP contribution in [-0.2, 0) is 0 Å². The van der Waals surface area contributed by atoms with Crippen LogP contribution in [-0.4, -0.2) is 30.7 Å². The Morgan fingerprint density at radius 1 is 1.64 bits per heavy atom. The van der Waals surface area contributed by atoms with Gasteiger partial charge < -0.3 is 0 Å². The van der Waals surface area contributed by atoms with Crippen LogP contribution in [0.1, 0.15) is 19.8 Å². The molecule has 1 aliphatic rings. The predicted octanol–water partition coefficient (Wildman–Crippen LogP) is 2.00. The van der Waals surface area contributed by atoms with Gasteiger partial charge in [-0.1, -0.05) is 12.2 Å². The first-order chi connectivity index (χ1) is 5.38. The molecule has 1 heterocycles. The Hall–Kier alpha value is -0.370. The van der Waals surface area contributed by atoms with E-state index in [0.717, 1.165) is 25.9 Å². The molecule has 0 aromatic carbocycles. The van der Waals surface area contributed by atoms with Gasteiger partial charge in [0, 0.05) is 12.6 Å². The van der Waals surface area contributed by atoms with Gasteiger partial charge in [-0.3, -0.25) is 4.90 Å². The zero-order chi connectivity index (χ0) is 8.10. The fourth-order valence-corrected chi connectivity index (χ4v) is 1.55. The maximum Gasteiger partial charge on any atom is 0.105 e. The largest absolute Gasteiger partial charge is 0.294 e. The van der Waals surface area contributed by atoms with E-state index < -0.39 is 0 Å². The topological polar surface area (TPSA) is 3.24 Å². The molecule has 0 N–H and O–H groups in total. The van der Waals surface area contributed by atoms with Crippen molar-refractivity contribution in [2.45, 2.75) is 25.8 Å². The van der Waals surface area contributed by atoms with Crippen molar-refractivity contribution in [3.63, 3.8) is 0 Å². The van der Waals surface area contributed by atoms with Crippen LogP contribution < -0.4 is 0 Å². The Labute approximate surface area is 67.9 Å². The van der Waals surface area contributed by atoms with Gasteiger partial charge in [-0.2, -0.15) is 0 Å². The first-order valence-electron chi connectivity index (χ1n) is 4.29. The standard InChI is InChI=1S/C9H16FN/c1-2-3-6-11-7-4-5-9(11)8-10/h2-3,9H,4-8H2,1H3/b3-2+. The number of halogens is 1. The van der Waals surface area contributed by atoms with Gasteiger partial charge in [0.25, 0.3) is 0 Å². The van der Waals surface area contributed by atoms with E-state index in [-0.39, 0.29) is 12.7 Å². The summed E-state index contributed by atoms with van der Waals surface area (Å²) in [5, 5.41) is 0. The van der Waals surface area contributed by atoms with Crippen molar-refractivity contribution >= 4 is 0 Å². The molecule has 1 nitrogen and oxygen atoms in total. The summed E-state index contributed by atoms with van der Waals surface area (Å²) in [7, 11) is 0. The average molecular weight is 157 g/mol.